The number of carboxylic acids is 1. The summed E-state index contributed by atoms with van der Waals surface area (Å²) in [4.78, 5) is 11.2. The Hall–Kier alpha value is -2.03. The number of anilines is 1. The van der Waals surface area contributed by atoms with E-state index in [9.17, 15) is 9.90 Å². The van der Waals surface area contributed by atoms with Crippen LogP contribution in [0, 0.1) is 5.92 Å². The molecular formula is C15H17NO2. The molecule has 0 atom stereocenters. The number of benzene rings is 2. The molecule has 0 fully saturated rings. The lowest BCUT2D eigenvalue weighted by atomic mass is 10.0. The Morgan fingerprint density at radius 1 is 1.17 bits per heavy atom. The van der Waals surface area contributed by atoms with Gasteiger partial charge in [-0.2, -0.15) is 0 Å². The maximum Gasteiger partial charge on any atom is 0.336 e. The Morgan fingerprint density at radius 2 is 1.83 bits per heavy atom. The Kier molecular flexibility index (Phi) is 3.51. The van der Waals surface area contributed by atoms with E-state index in [1.54, 1.807) is 6.07 Å². The van der Waals surface area contributed by atoms with Gasteiger partial charge in [0.15, 0.2) is 0 Å². The second kappa shape index (κ2) is 5.08. The first kappa shape index (κ1) is 12.4. The van der Waals surface area contributed by atoms with Crippen LogP contribution in [-0.2, 0) is 0 Å². The number of carbonyl (C=O) groups is 1. The number of aromatic carboxylic acids is 1. The third-order valence-corrected chi connectivity index (χ3v) is 2.86. The van der Waals surface area contributed by atoms with Crippen molar-refractivity contribution in [3.63, 3.8) is 0 Å². The van der Waals surface area contributed by atoms with Crippen molar-refractivity contribution in [2.24, 2.45) is 5.92 Å². The van der Waals surface area contributed by atoms with Crippen LogP contribution >= 0.6 is 0 Å². The molecule has 0 saturated heterocycles. The van der Waals surface area contributed by atoms with Crippen LogP contribution in [0.5, 0.6) is 0 Å². The fourth-order valence-corrected chi connectivity index (χ4v) is 1.95. The molecule has 3 heteroatoms. The van der Waals surface area contributed by atoms with E-state index in [0.29, 0.717) is 11.5 Å². The molecule has 2 aromatic rings. The van der Waals surface area contributed by atoms with Gasteiger partial charge in [0, 0.05) is 17.6 Å². The fraction of sp³-hybridized carbons (Fsp3) is 0.267. The van der Waals surface area contributed by atoms with Crippen molar-refractivity contribution in [2.45, 2.75) is 13.8 Å². The normalized spacial score (nSPS) is 10.8. The summed E-state index contributed by atoms with van der Waals surface area (Å²) in [6.07, 6.45) is 0. The van der Waals surface area contributed by atoms with Gasteiger partial charge in [0.2, 0.25) is 0 Å². The second-order valence-corrected chi connectivity index (χ2v) is 4.79. The van der Waals surface area contributed by atoms with Gasteiger partial charge in [-0.15, -0.1) is 0 Å². The molecular weight excluding hydrogens is 226 g/mol. The van der Waals surface area contributed by atoms with Gasteiger partial charge in [0.25, 0.3) is 0 Å². The van der Waals surface area contributed by atoms with E-state index >= 15 is 0 Å². The third-order valence-electron chi connectivity index (χ3n) is 2.86. The van der Waals surface area contributed by atoms with Gasteiger partial charge in [-0.25, -0.2) is 4.79 Å². The Morgan fingerprint density at radius 3 is 2.44 bits per heavy atom. The second-order valence-electron chi connectivity index (χ2n) is 4.79. The van der Waals surface area contributed by atoms with E-state index in [0.717, 1.165) is 23.0 Å². The van der Waals surface area contributed by atoms with Crippen LogP contribution in [0.1, 0.15) is 24.2 Å². The molecule has 0 aliphatic rings. The standard InChI is InChI=1S/C15H17NO2/c1-10(2)9-16-14-8-7-13(15(17)18)11-5-3-4-6-12(11)14/h3-8,10,16H,9H2,1-2H3,(H,17,18). The summed E-state index contributed by atoms with van der Waals surface area (Å²) in [6, 6.07) is 11.1. The summed E-state index contributed by atoms with van der Waals surface area (Å²) in [5.74, 6) is -0.343. The van der Waals surface area contributed by atoms with E-state index < -0.39 is 5.97 Å². The summed E-state index contributed by atoms with van der Waals surface area (Å²) >= 11 is 0. The minimum Gasteiger partial charge on any atom is -0.478 e. The Labute approximate surface area is 106 Å². The Bertz CT molecular complexity index is 576. The van der Waals surface area contributed by atoms with E-state index in [1.807, 2.05) is 30.3 Å². The number of nitrogens with one attached hydrogen (secondary N) is 1. The molecule has 0 heterocycles. The number of carboxylic acid groups (broad SMARTS) is 1. The lowest BCUT2D eigenvalue weighted by molar-refractivity contribution is 0.0699. The van der Waals surface area contributed by atoms with E-state index in [1.165, 1.54) is 0 Å². The summed E-state index contributed by atoms with van der Waals surface area (Å²) in [6.45, 7) is 5.15. The average molecular weight is 243 g/mol. The quantitative estimate of drug-likeness (QED) is 0.862. The number of rotatable bonds is 4. The van der Waals surface area contributed by atoms with Gasteiger partial charge >= 0.3 is 5.97 Å². The zero-order chi connectivity index (χ0) is 13.1. The van der Waals surface area contributed by atoms with Crippen LogP contribution in [0.15, 0.2) is 36.4 Å². The van der Waals surface area contributed by atoms with Gasteiger partial charge in [-0.3, -0.25) is 0 Å². The molecule has 2 aromatic carbocycles. The first-order chi connectivity index (χ1) is 8.59. The first-order valence-electron chi connectivity index (χ1n) is 6.08. The molecule has 0 aromatic heterocycles. The van der Waals surface area contributed by atoms with Crippen LogP contribution in [0.3, 0.4) is 0 Å². The molecule has 0 saturated carbocycles. The lowest BCUT2D eigenvalue weighted by Gasteiger charge is -2.13. The summed E-state index contributed by atoms with van der Waals surface area (Å²) in [7, 11) is 0. The lowest BCUT2D eigenvalue weighted by Crippen LogP contribution is -2.09. The topological polar surface area (TPSA) is 49.3 Å². The van der Waals surface area contributed by atoms with Crippen molar-refractivity contribution in [2.75, 3.05) is 11.9 Å². The predicted molar refractivity (Wildman–Crippen MR) is 74.2 cm³/mol. The Balaban J connectivity index is 2.50. The molecule has 0 unspecified atom stereocenters. The molecule has 3 nitrogen and oxygen atoms in total. The van der Waals surface area contributed by atoms with Gasteiger partial charge in [0.1, 0.15) is 0 Å². The zero-order valence-electron chi connectivity index (χ0n) is 10.6. The summed E-state index contributed by atoms with van der Waals surface area (Å²) in [5.41, 5.74) is 1.34. The van der Waals surface area contributed by atoms with E-state index in [2.05, 4.69) is 19.2 Å². The van der Waals surface area contributed by atoms with Crippen molar-refractivity contribution >= 4 is 22.4 Å². The molecule has 0 aliphatic heterocycles. The molecule has 0 aliphatic carbocycles. The van der Waals surface area contributed by atoms with Crippen LogP contribution < -0.4 is 5.32 Å². The molecule has 18 heavy (non-hydrogen) atoms. The van der Waals surface area contributed by atoms with E-state index in [-0.39, 0.29) is 0 Å². The van der Waals surface area contributed by atoms with Crippen molar-refractivity contribution in [3.05, 3.63) is 42.0 Å². The van der Waals surface area contributed by atoms with Gasteiger partial charge < -0.3 is 10.4 Å². The highest BCUT2D eigenvalue weighted by Gasteiger charge is 2.10. The number of fused-ring (bicyclic) bond motifs is 1. The number of hydrogen-bond donors (Lipinski definition) is 2. The van der Waals surface area contributed by atoms with Crippen LogP contribution in [0.4, 0.5) is 5.69 Å². The van der Waals surface area contributed by atoms with Gasteiger partial charge in [-0.05, 0) is 23.4 Å². The van der Waals surface area contributed by atoms with Crippen molar-refractivity contribution < 1.29 is 9.90 Å². The highest BCUT2D eigenvalue weighted by atomic mass is 16.4. The third kappa shape index (κ3) is 2.45. The van der Waals surface area contributed by atoms with Crippen LogP contribution in [0.25, 0.3) is 10.8 Å². The van der Waals surface area contributed by atoms with Crippen LogP contribution in [0.2, 0.25) is 0 Å². The molecule has 94 valence electrons. The highest BCUT2D eigenvalue weighted by molar-refractivity contribution is 6.07. The maximum absolute atomic E-state index is 11.2. The molecule has 0 radical (unpaired) electrons. The fourth-order valence-electron chi connectivity index (χ4n) is 1.95. The SMILES string of the molecule is CC(C)CNc1ccc(C(=O)O)c2ccccc12. The highest BCUT2D eigenvalue weighted by Crippen LogP contribution is 2.26. The molecule has 2 N–H and O–H groups in total. The van der Waals surface area contributed by atoms with Crippen molar-refractivity contribution in [3.8, 4) is 0 Å². The number of hydrogen-bond acceptors (Lipinski definition) is 2. The molecule has 0 spiro atoms. The zero-order valence-corrected chi connectivity index (χ0v) is 10.6. The minimum absolute atomic E-state index is 0.348. The molecule has 0 amide bonds. The van der Waals surface area contributed by atoms with Gasteiger partial charge in [0.05, 0.1) is 5.56 Å². The van der Waals surface area contributed by atoms with E-state index in [4.69, 9.17) is 0 Å². The average Bonchev–Trinajstić information content (AvgIpc) is 2.35. The molecule has 2 rings (SSSR count). The summed E-state index contributed by atoms with van der Waals surface area (Å²) < 4.78 is 0. The predicted octanol–water partition coefficient (Wildman–Crippen LogP) is 3.61. The summed E-state index contributed by atoms with van der Waals surface area (Å²) in [5, 5.41) is 14.3. The van der Waals surface area contributed by atoms with Gasteiger partial charge in [-0.1, -0.05) is 38.1 Å². The first-order valence-corrected chi connectivity index (χ1v) is 6.08. The monoisotopic (exact) mass is 243 g/mol. The van der Waals surface area contributed by atoms with Crippen LogP contribution in [-0.4, -0.2) is 17.6 Å². The van der Waals surface area contributed by atoms with Crippen molar-refractivity contribution in [1.29, 1.82) is 0 Å². The molecule has 0 bridgehead atoms. The maximum atomic E-state index is 11.2. The largest absolute Gasteiger partial charge is 0.478 e. The minimum atomic E-state index is -0.887. The smallest absolute Gasteiger partial charge is 0.336 e. The van der Waals surface area contributed by atoms with Crippen molar-refractivity contribution in [1.82, 2.24) is 0 Å².